The molecule has 296 valence electrons. The van der Waals surface area contributed by atoms with E-state index in [1.807, 2.05) is 72.8 Å². The standard InChI is InChI=1S/C60H36N4/c61-37-45-36-52(38-16-5-1-6-17-38)56-51-35-34-47(48-26-15-27-50(55(48)51)57(56)53(45)40-19-7-2-8-20-40)49-33-32-39-18-13-14-25-46(39)54(49)41-28-30-44(31-29-41)60-63-58(42-21-9-3-10-22-42)62-59(64-60)43-23-11-4-12-24-43/h1-36H. The smallest absolute Gasteiger partial charge is 0.164 e. The Morgan fingerprint density at radius 3 is 1.39 bits per heavy atom. The summed E-state index contributed by atoms with van der Waals surface area (Å²) in [5.41, 5.74) is 16.8. The zero-order valence-corrected chi connectivity index (χ0v) is 34.6. The summed E-state index contributed by atoms with van der Waals surface area (Å²) >= 11 is 0. The van der Waals surface area contributed by atoms with E-state index in [4.69, 9.17) is 15.0 Å². The van der Waals surface area contributed by atoms with Crippen molar-refractivity contribution >= 4 is 21.5 Å². The van der Waals surface area contributed by atoms with Crippen molar-refractivity contribution in [3.05, 3.63) is 224 Å². The number of rotatable bonds is 7. The van der Waals surface area contributed by atoms with Crippen molar-refractivity contribution in [3.63, 3.8) is 0 Å². The van der Waals surface area contributed by atoms with Crippen molar-refractivity contribution in [1.82, 2.24) is 15.0 Å². The van der Waals surface area contributed by atoms with Gasteiger partial charge in [0.15, 0.2) is 17.5 Å². The fraction of sp³-hybridized carbons (Fsp3) is 0. The highest BCUT2D eigenvalue weighted by atomic mass is 15.0. The van der Waals surface area contributed by atoms with E-state index in [0.29, 0.717) is 23.0 Å². The number of hydrogen-bond acceptors (Lipinski definition) is 4. The predicted octanol–water partition coefficient (Wildman–Crippen LogP) is 15.4. The zero-order chi connectivity index (χ0) is 42.6. The molecule has 1 aliphatic carbocycles. The van der Waals surface area contributed by atoms with Crippen LogP contribution in [0.4, 0.5) is 0 Å². The molecule has 0 saturated heterocycles. The minimum Gasteiger partial charge on any atom is -0.208 e. The Hall–Kier alpha value is -8.78. The fourth-order valence-electron chi connectivity index (χ4n) is 9.66. The van der Waals surface area contributed by atoms with E-state index in [1.54, 1.807) is 0 Å². The molecule has 0 N–H and O–H groups in total. The van der Waals surface area contributed by atoms with Gasteiger partial charge in [0, 0.05) is 22.3 Å². The summed E-state index contributed by atoms with van der Waals surface area (Å²) in [6.45, 7) is 0. The number of nitrogens with zero attached hydrogens (tertiary/aromatic N) is 4. The zero-order valence-electron chi connectivity index (χ0n) is 34.6. The minimum atomic E-state index is 0.619. The quantitative estimate of drug-likeness (QED) is 0.161. The van der Waals surface area contributed by atoms with Crippen molar-refractivity contribution in [3.8, 4) is 107 Å². The Kier molecular flexibility index (Phi) is 8.84. The van der Waals surface area contributed by atoms with Crippen LogP contribution in [0.15, 0.2) is 218 Å². The lowest BCUT2D eigenvalue weighted by Gasteiger charge is -2.18. The highest BCUT2D eigenvalue weighted by molar-refractivity contribution is 6.24. The fourth-order valence-corrected chi connectivity index (χ4v) is 9.66. The van der Waals surface area contributed by atoms with Crippen molar-refractivity contribution in [2.45, 2.75) is 0 Å². The largest absolute Gasteiger partial charge is 0.208 e. The lowest BCUT2D eigenvalue weighted by molar-refractivity contribution is 1.07. The monoisotopic (exact) mass is 812 g/mol. The first-order valence-corrected chi connectivity index (χ1v) is 21.5. The first kappa shape index (κ1) is 37.0. The van der Waals surface area contributed by atoms with E-state index < -0.39 is 0 Å². The summed E-state index contributed by atoms with van der Waals surface area (Å²) in [5, 5.41) is 15.5. The number of nitriles is 1. The maximum atomic E-state index is 10.8. The lowest BCUT2D eigenvalue weighted by atomic mass is 9.84. The summed E-state index contributed by atoms with van der Waals surface area (Å²) in [7, 11) is 0. The summed E-state index contributed by atoms with van der Waals surface area (Å²) in [5.74, 6) is 1.89. The molecule has 11 aromatic rings. The second-order valence-electron chi connectivity index (χ2n) is 16.2. The van der Waals surface area contributed by atoms with Gasteiger partial charge in [-0.25, -0.2) is 15.0 Å². The van der Waals surface area contributed by atoms with Gasteiger partial charge in [-0.3, -0.25) is 0 Å². The molecule has 0 aliphatic heterocycles. The second-order valence-corrected chi connectivity index (χ2v) is 16.2. The van der Waals surface area contributed by atoms with Crippen molar-refractivity contribution in [2.24, 2.45) is 0 Å². The molecule has 0 fully saturated rings. The first-order valence-electron chi connectivity index (χ1n) is 21.5. The molecule has 0 saturated carbocycles. The molecule has 4 nitrogen and oxygen atoms in total. The van der Waals surface area contributed by atoms with E-state index in [9.17, 15) is 5.26 Å². The van der Waals surface area contributed by atoms with Crippen molar-refractivity contribution in [2.75, 3.05) is 0 Å². The van der Waals surface area contributed by atoms with E-state index in [1.165, 1.54) is 32.7 Å². The van der Waals surface area contributed by atoms with Crippen molar-refractivity contribution in [1.29, 1.82) is 5.26 Å². The third-order valence-corrected chi connectivity index (χ3v) is 12.5. The maximum Gasteiger partial charge on any atom is 0.164 e. The van der Waals surface area contributed by atoms with Gasteiger partial charge in [-0.2, -0.15) is 5.26 Å². The average molecular weight is 813 g/mol. The third kappa shape index (κ3) is 6.10. The summed E-state index contributed by atoms with van der Waals surface area (Å²) < 4.78 is 0. The van der Waals surface area contributed by atoms with E-state index >= 15 is 0 Å². The van der Waals surface area contributed by atoms with Crippen LogP contribution >= 0.6 is 0 Å². The van der Waals surface area contributed by atoms with Crippen LogP contribution in [0, 0.1) is 11.3 Å². The van der Waals surface area contributed by atoms with Gasteiger partial charge in [-0.15, -0.1) is 0 Å². The Morgan fingerprint density at radius 2 is 0.766 bits per heavy atom. The molecule has 1 aliphatic rings. The molecule has 0 spiro atoms. The predicted molar refractivity (Wildman–Crippen MR) is 262 cm³/mol. The van der Waals surface area contributed by atoms with Crippen molar-refractivity contribution < 1.29 is 0 Å². The van der Waals surface area contributed by atoms with Crippen LogP contribution < -0.4 is 0 Å². The molecule has 0 amide bonds. The number of hydrogen-bond donors (Lipinski definition) is 0. The van der Waals surface area contributed by atoms with Crippen LogP contribution in [-0.4, -0.2) is 15.0 Å². The van der Waals surface area contributed by atoms with Gasteiger partial charge in [-0.05, 0) is 88.8 Å². The number of aromatic nitrogens is 3. The molecule has 12 rings (SSSR count). The molecule has 1 heterocycles. The second kappa shape index (κ2) is 15.3. The van der Waals surface area contributed by atoms with Gasteiger partial charge in [0.25, 0.3) is 0 Å². The Labute approximate surface area is 371 Å². The highest BCUT2D eigenvalue weighted by Crippen LogP contribution is 2.57. The van der Waals surface area contributed by atoms with E-state index in [0.717, 1.165) is 72.3 Å². The van der Waals surface area contributed by atoms with E-state index in [2.05, 4.69) is 152 Å². The molecule has 4 heteroatoms. The lowest BCUT2D eigenvalue weighted by Crippen LogP contribution is -2.00. The normalized spacial score (nSPS) is 11.4. The average Bonchev–Trinajstić information content (AvgIpc) is 3.71. The highest BCUT2D eigenvalue weighted by Gasteiger charge is 2.31. The van der Waals surface area contributed by atoms with Gasteiger partial charge >= 0.3 is 0 Å². The molecule has 64 heavy (non-hydrogen) atoms. The molecule has 0 bridgehead atoms. The molecule has 1 aromatic heterocycles. The van der Waals surface area contributed by atoms with E-state index in [-0.39, 0.29) is 0 Å². The first-order chi connectivity index (χ1) is 31.7. The summed E-state index contributed by atoms with van der Waals surface area (Å²) in [6.07, 6.45) is 0. The molecular formula is C60H36N4. The van der Waals surface area contributed by atoms with Gasteiger partial charge in [-0.1, -0.05) is 212 Å². The Bertz CT molecular complexity index is 3580. The molecule has 0 atom stereocenters. The summed E-state index contributed by atoms with van der Waals surface area (Å²) in [4.78, 5) is 14.9. The topological polar surface area (TPSA) is 62.5 Å². The molecule has 0 radical (unpaired) electrons. The molecule has 10 aromatic carbocycles. The number of fused-ring (bicyclic) bond motifs is 4. The Morgan fingerprint density at radius 1 is 0.297 bits per heavy atom. The van der Waals surface area contributed by atoms with Crippen LogP contribution in [0.3, 0.4) is 0 Å². The molecule has 0 unspecified atom stereocenters. The summed E-state index contributed by atoms with van der Waals surface area (Å²) in [6, 6.07) is 78.8. The van der Waals surface area contributed by atoms with Crippen LogP contribution in [0.1, 0.15) is 5.56 Å². The van der Waals surface area contributed by atoms with Gasteiger partial charge in [0.05, 0.1) is 11.6 Å². The van der Waals surface area contributed by atoms with Crippen LogP contribution in [-0.2, 0) is 0 Å². The third-order valence-electron chi connectivity index (χ3n) is 12.5. The number of benzene rings is 10. The SMILES string of the molecule is N#Cc1cc(-c2ccccc2)c2c(c1-c1ccccc1)-c1cccc3c(-c4ccc5ccccc5c4-c4ccc(-c5nc(-c6ccccc6)nc(-c6ccccc6)n5)cc4)ccc-2c13. The van der Waals surface area contributed by atoms with Gasteiger partial charge < -0.3 is 0 Å². The minimum absolute atomic E-state index is 0.619. The Balaban J connectivity index is 1.05. The van der Waals surface area contributed by atoms with Gasteiger partial charge in [0.1, 0.15) is 0 Å². The molecular weight excluding hydrogens is 777 g/mol. The van der Waals surface area contributed by atoms with Gasteiger partial charge in [0.2, 0.25) is 0 Å². The maximum absolute atomic E-state index is 10.8. The van der Waals surface area contributed by atoms with Crippen LogP contribution in [0.5, 0.6) is 0 Å². The van der Waals surface area contributed by atoms with Crippen LogP contribution in [0.2, 0.25) is 0 Å². The van der Waals surface area contributed by atoms with Crippen LogP contribution in [0.25, 0.3) is 122 Å².